The van der Waals surface area contributed by atoms with E-state index >= 15 is 0 Å². The van der Waals surface area contributed by atoms with Gasteiger partial charge in [-0.15, -0.1) is 0 Å². The van der Waals surface area contributed by atoms with E-state index in [1.807, 2.05) is 24.3 Å². The minimum Gasteiger partial charge on any atom is -0.497 e. The first-order valence-corrected chi connectivity index (χ1v) is 9.41. The van der Waals surface area contributed by atoms with Crippen molar-refractivity contribution < 1.29 is 17.9 Å². The van der Waals surface area contributed by atoms with Crippen molar-refractivity contribution in [1.29, 1.82) is 0 Å². The molecule has 2 aromatic carbocycles. The van der Waals surface area contributed by atoms with Crippen LogP contribution in [0.4, 0.5) is 5.69 Å². The molecule has 0 radical (unpaired) electrons. The first-order valence-electron chi connectivity index (χ1n) is 7.76. The zero-order chi connectivity index (χ0) is 17.2. The van der Waals surface area contributed by atoms with Crippen molar-refractivity contribution in [2.24, 2.45) is 0 Å². The topological polar surface area (TPSA) is 63.7 Å². The Labute approximate surface area is 141 Å². The van der Waals surface area contributed by atoms with Crippen LogP contribution in [0.5, 0.6) is 5.75 Å². The molecule has 0 N–H and O–H groups in total. The Balaban J connectivity index is 1.70. The van der Waals surface area contributed by atoms with Gasteiger partial charge in [-0.1, -0.05) is 24.3 Å². The van der Waals surface area contributed by atoms with Gasteiger partial charge in [0.05, 0.1) is 17.8 Å². The second-order valence-electron chi connectivity index (χ2n) is 5.67. The molecular formula is C18H19NO4S. The maximum absolute atomic E-state index is 12.4. The fraction of sp³-hybridized carbons (Fsp3) is 0.278. The van der Waals surface area contributed by atoms with Gasteiger partial charge >= 0.3 is 0 Å². The summed E-state index contributed by atoms with van der Waals surface area (Å²) in [7, 11) is -2.04. The molecule has 0 aliphatic carbocycles. The lowest BCUT2D eigenvalue weighted by Crippen LogP contribution is -2.30. The molecule has 5 nitrogen and oxygen atoms in total. The van der Waals surface area contributed by atoms with Gasteiger partial charge in [-0.05, 0) is 36.2 Å². The molecule has 0 saturated carbocycles. The van der Waals surface area contributed by atoms with Gasteiger partial charge in [-0.25, -0.2) is 8.42 Å². The summed E-state index contributed by atoms with van der Waals surface area (Å²) in [6.45, 7) is 0.609. The van der Waals surface area contributed by atoms with Crippen molar-refractivity contribution in [1.82, 2.24) is 0 Å². The number of para-hydroxylation sites is 1. The first-order chi connectivity index (χ1) is 11.5. The third kappa shape index (κ3) is 3.28. The molecule has 0 saturated heterocycles. The molecule has 6 heteroatoms. The summed E-state index contributed by atoms with van der Waals surface area (Å²) in [4.78, 5) is 14.3. The maximum atomic E-state index is 12.4. The maximum Gasteiger partial charge on any atom is 0.228 e. The van der Waals surface area contributed by atoms with Crippen molar-refractivity contribution in [3.05, 3.63) is 54.1 Å². The molecule has 3 rings (SSSR count). The molecule has 0 unspecified atom stereocenters. The highest BCUT2D eigenvalue weighted by Crippen LogP contribution is 2.28. The number of benzene rings is 2. The lowest BCUT2D eigenvalue weighted by atomic mass is 10.2. The molecular weight excluding hydrogens is 326 g/mol. The molecule has 1 amide bonds. The van der Waals surface area contributed by atoms with E-state index in [1.165, 1.54) is 19.2 Å². The molecule has 2 aromatic rings. The summed E-state index contributed by atoms with van der Waals surface area (Å²) in [5.74, 6) is 0.111. The summed E-state index contributed by atoms with van der Waals surface area (Å²) in [5, 5.41) is 0. The van der Waals surface area contributed by atoms with E-state index in [1.54, 1.807) is 17.0 Å². The number of nitrogens with zero attached hydrogens (tertiary/aromatic N) is 1. The van der Waals surface area contributed by atoms with Gasteiger partial charge in [0.1, 0.15) is 5.75 Å². The molecule has 1 aliphatic heterocycles. The SMILES string of the molecule is COc1cccc(S(=O)(=O)CCC(=O)N2CCc3ccccc32)c1. The Morgan fingerprint density at radius 3 is 2.75 bits per heavy atom. The molecule has 0 aromatic heterocycles. The number of rotatable bonds is 5. The minimum absolute atomic E-state index is 0.0339. The van der Waals surface area contributed by atoms with Gasteiger partial charge in [0.2, 0.25) is 5.91 Å². The van der Waals surface area contributed by atoms with Crippen LogP contribution in [0, 0.1) is 0 Å². The van der Waals surface area contributed by atoms with Crippen LogP contribution >= 0.6 is 0 Å². The predicted octanol–water partition coefficient (Wildman–Crippen LogP) is 2.45. The average molecular weight is 345 g/mol. The fourth-order valence-corrected chi connectivity index (χ4v) is 4.13. The highest BCUT2D eigenvalue weighted by atomic mass is 32.2. The quantitative estimate of drug-likeness (QED) is 0.835. The molecule has 126 valence electrons. The van der Waals surface area contributed by atoms with Crippen LogP contribution in [0.3, 0.4) is 0 Å². The lowest BCUT2D eigenvalue weighted by Gasteiger charge is -2.17. The second-order valence-corrected chi connectivity index (χ2v) is 7.78. The predicted molar refractivity (Wildman–Crippen MR) is 92.2 cm³/mol. The van der Waals surface area contributed by atoms with Crippen LogP contribution < -0.4 is 9.64 Å². The van der Waals surface area contributed by atoms with E-state index in [2.05, 4.69) is 0 Å². The molecule has 1 heterocycles. The van der Waals surface area contributed by atoms with Crippen LogP contribution in [-0.4, -0.2) is 33.7 Å². The van der Waals surface area contributed by atoms with E-state index in [-0.39, 0.29) is 23.0 Å². The molecule has 1 aliphatic rings. The highest BCUT2D eigenvalue weighted by molar-refractivity contribution is 7.91. The lowest BCUT2D eigenvalue weighted by molar-refractivity contribution is -0.118. The summed E-state index contributed by atoms with van der Waals surface area (Å²) in [6, 6.07) is 14.0. The number of ether oxygens (including phenoxy) is 1. The number of sulfone groups is 1. The van der Waals surface area contributed by atoms with Gasteiger partial charge in [0.25, 0.3) is 0 Å². The van der Waals surface area contributed by atoms with Gasteiger partial charge in [0.15, 0.2) is 9.84 Å². The standard InChI is InChI=1S/C18H19NO4S/c1-23-15-6-4-7-16(13-15)24(21,22)12-10-18(20)19-11-9-14-5-2-3-8-17(14)19/h2-8,13H,9-12H2,1H3. The average Bonchev–Trinajstić information content (AvgIpc) is 3.04. The van der Waals surface area contributed by atoms with Crippen LogP contribution in [-0.2, 0) is 21.1 Å². The zero-order valence-electron chi connectivity index (χ0n) is 13.4. The van der Waals surface area contributed by atoms with Gasteiger partial charge in [0, 0.05) is 18.7 Å². The van der Waals surface area contributed by atoms with Crippen molar-refractivity contribution >= 4 is 21.4 Å². The highest BCUT2D eigenvalue weighted by Gasteiger charge is 2.25. The molecule has 24 heavy (non-hydrogen) atoms. The van der Waals surface area contributed by atoms with Crippen LogP contribution in [0.25, 0.3) is 0 Å². The second kappa shape index (κ2) is 6.65. The number of methoxy groups -OCH3 is 1. The molecule has 0 atom stereocenters. The summed E-state index contributed by atoms with van der Waals surface area (Å²) in [6.07, 6.45) is 0.776. The Morgan fingerprint density at radius 1 is 1.17 bits per heavy atom. The Morgan fingerprint density at radius 2 is 1.96 bits per heavy atom. The van der Waals surface area contributed by atoms with Crippen LogP contribution in [0.15, 0.2) is 53.4 Å². The minimum atomic E-state index is -3.52. The number of hydrogen-bond donors (Lipinski definition) is 0. The zero-order valence-corrected chi connectivity index (χ0v) is 14.3. The van der Waals surface area contributed by atoms with Crippen molar-refractivity contribution in [2.45, 2.75) is 17.7 Å². The Bertz CT molecular complexity index is 861. The number of hydrogen-bond acceptors (Lipinski definition) is 4. The Hall–Kier alpha value is -2.34. The molecule has 0 fully saturated rings. The van der Waals surface area contributed by atoms with E-state index in [9.17, 15) is 13.2 Å². The van der Waals surface area contributed by atoms with E-state index < -0.39 is 9.84 Å². The third-order valence-corrected chi connectivity index (χ3v) is 5.89. The summed E-state index contributed by atoms with van der Waals surface area (Å²) >= 11 is 0. The number of anilines is 1. The normalized spacial score (nSPS) is 13.6. The third-order valence-electron chi connectivity index (χ3n) is 4.17. The van der Waals surface area contributed by atoms with Crippen molar-refractivity contribution in [3.8, 4) is 5.75 Å². The van der Waals surface area contributed by atoms with Crippen molar-refractivity contribution in [2.75, 3.05) is 24.3 Å². The number of carbonyl (C=O) groups is 1. The Kier molecular flexibility index (Phi) is 4.57. The summed E-state index contributed by atoms with van der Waals surface area (Å²) < 4.78 is 29.9. The van der Waals surface area contributed by atoms with Crippen molar-refractivity contribution in [3.63, 3.8) is 0 Å². The number of amides is 1. The monoisotopic (exact) mass is 345 g/mol. The van der Waals surface area contributed by atoms with E-state index in [4.69, 9.17) is 4.74 Å². The largest absolute Gasteiger partial charge is 0.497 e. The number of carbonyl (C=O) groups excluding carboxylic acids is 1. The fourth-order valence-electron chi connectivity index (χ4n) is 2.87. The van der Waals surface area contributed by atoms with E-state index in [0.717, 1.165) is 17.7 Å². The molecule has 0 spiro atoms. The van der Waals surface area contributed by atoms with Gasteiger partial charge in [-0.2, -0.15) is 0 Å². The smallest absolute Gasteiger partial charge is 0.228 e. The van der Waals surface area contributed by atoms with Gasteiger partial charge in [-0.3, -0.25) is 4.79 Å². The van der Waals surface area contributed by atoms with E-state index in [0.29, 0.717) is 12.3 Å². The van der Waals surface area contributed by atoms with Crippen LogP contribution in [0.2, 0.25) is 0 Å². The van der Waals surface area contributed by atoms with Crippen LogP contribution in [0.1, 0.15) is 12.0 Å². The number of fused-ring (bicyclic) bond motifs is 1. The first kappa shape index (κ1) is 16.5. The van der Waals surface area contributed by atoms with Gasteiger partial charge < -0.3 is 9.64 Å². The molecule has 0 bridgehead atoms. The summed E-state index contributed by atoms with van der Waals surface area (Å²) in [5.41, 5.74) is 2.02.